The minimum Gasteiger partial charge on any atom is -0.497 e. The quantitative estimate of drug-likeness (QED) is 0.189. The van der Waals surface area contributed by atoms with Crippen molar-refractivity contribution >= 4 is 44.6 Å². The Balaban J connectivity index is 1.34. The predicted octanol–water partition coefficient (Wildman–Crippen LogP) is 2.45. The Bertz CT molecular complexity index is 2050. The van der Waals surface area contributed by atoms with E-state index in [1.54, 1.807) is 46.1 Å². The Labute approximate surface area is 308 Å². The summed E-state index contributed by atoms with van der Waals surface area (Å²) in [6.07, 6.45) is 1.77. The van der Waals surface area contributed by atoms with Gasteiger partial charge in [-0.15, -0.1) is 6.58 Å². The van der Waals surface area contributed by atoms with Gasteiger partial charge in [-0.1, -0.05) is 57.2 Å². The molecule has 2 saturated carbocycles. The highest BCUT2D eigenvalue weighted by molar-refractivity contribution is 7.91. The monoisotopic (exact) mass is 747 g/mol. The number of likely N-dealkylation sites (tertiary alicyclic amines) is 1. The predicted molar refractivity (Wildman–Crippen MR) is 196 cm³/mol. The van der Waals surface area contributed by atoms with E-state index in [2.05, 4.69) is 21.9 Å². The van der Waals surface area contributed by atoms with Crippen LogP contribution in [0.5, 0.6) is 11.5 Å². The van der Waals surface area contributed by atoms with Gasteiger partial charge in [0.25, 0.3) is 5.91 Å². The zero-order valence-corrected chi connectivity index (χ0v) is 30.9. The van der Waals surface area contributed by atoms with Crippen molar-refractivity contribution in [1.82, 2.24) is 25.2 Å². The van der Waals surface area contributed by atoms with Crippen LogP contribution >= 0.6 is 0 Å². The van der Waals surface area contributed by atoms with Crippen LogP contribution in [0.1, 0.15) is 46.5 Å². The molecule has 0 spiro atoms. The van der Waals surface area contributed by atoms with Gasteiger partial charge >= 0.3 is 0 Å². The molecule has 3 fully saturated rings. The number of carbonyl (C=O) groups is 4. The van der Waals surface area contributed by atoms with E-state index >= 15 is 0 Å². The Hall–Kier alpha value is -5.02. The molecule has 1 aromatic heterocycles. The van der Waals surface area contributed by atoms with Crippen LogP contribution in [0.2, 0.25) is 0 Å². The first-order valence-corrected chi connectivity index (χ1v) is 19.1. The molecule has 0 unspecified atom stereocenters. The molecule has 3 aliphatic rings. The molecule has 0 radical (unpaired) electrons. The van der Waals surface area contributed by atoms with Gasteiger partial charge in [0.05, 0.1) is 30.1 Å². The SMILES string of the molecule is C=C[C@@H]1C[C@]1(NC(=O)[C@@H]1C[C@@H](Oc2cc(-c3ccccc3)nc3cc(OC)ccc23)CN1C(=O)[C@@H](NC(=O)CO)C(C)(C)C)C(=O)NS(=O)(=O)C1CC1. The van der Waals surface area contributed by atoms with Crippen LogP contribution in [-0.2, 0) is 29.2 Å². The number of hydrogen-bond donors (Lipinski definition) is 4. The normalized spacial score (nSPS) is 23.1. The highest BCUT2D eigenvalue weighted by Crippen LogP contribution is 2.46. The maximum Gasteiger partial charge on any atom is 0.259 e. The van der Waals surface area contributed by atoms with Crippen LogP contribution in [0, 0.1) is 11.3 Å². The molecule has 5 atom stereocenters. The molecular weight excluding hydrogens is 703 g/mol. The summed E-state index contributed by atoms with van der Waals surface area (Å²) in [7, 11) is -2.36. The molecule has 1 saturated heterocycles. The van der Waals surface area contributed by atoms with Crippen molar-refractivity contribution in [3.8, 4) is 22.8 Å². The van der Waals surface area contributed by atoms with E-state index in [1.807, 2.05) is 36.4 Å². The fourth-order valence-corrected chi connectivity index (χ4v) is 8.12. The summed E-state index contributed by atoms with van der Waals surface area (Å²) >= 11 is 0. The first-order valence-electron chi connectivity index (χ1n) is 17.5. The number of aliphatic hydroxyl groups excluding tert-OH is 1. The van der Waals surface area contributed by atoms with Crippen LogP contribution in [0.15, 0.2) is 67.3 Å². The van der Waals surface area contributed by atoms with E-state index in [-0.39, 0.29) is 19.4 Å². The van der Waals surface area contributed by atoms with Crippen LogP contribution in [0.3, 0.4) is 0 Å². The first kappa shape index (κ1) is 37.7. The number of nitrogens with one attached hydrogen (secondary N) is 3. The van der Waals surface area contributed by atoms with Gasteiger partial charge in [0.2, 0.25) is 27.7 Å². The van der Waals surface area contributed by atoms with E-state index in [0.717, 1.165) is 5.56 Å². The fourth-order valence-electron chi connectivity index (χ4n) is 6.75. The smallest absolute Gasteiger partial charge is 0.259 e. The maximum atomic E-state index is 14.4. The molecule has 4 amide bonds. The van der Waals surface area contributed by atoms with E-state index in [1.165, 1.54) is 11.0 Å². The Morgan fingerprint density at radius 3 is 2.43 bits per heavy atom. The number of pyridine rings is 1. The number of rotatable bonds is 13. The molecule has 14 nitrogen and oxygen atoms in total. The molecule has 0 bridgehead atoms. The number of ether oxygens (including phenoxy) is 2. The lowest BCUT2D eigenvalue weighted by Gasteiger charge is -2.35. The van der Waals surface area contributed by atoms with Gasteiger partial charge in [0.15, 0.2) is 0 Å². The van der Waals surface area contributed by atoms with E-state index in [4.69, 9.17) is 14.5 Å². The van der Waals surface area contributed by atoms with E-state index in [9.17, 15) is 32.7 Å². The first-order chi connectivity index (χ1) is 25.1. The number of amides is 4. The van der Waals surface area contributed by atoms with Gasteiger partial charge in [0, 0.05) is 35.4 Å². The zero-order chi connectivity index (χ0) is 38.3. The van der Waals surface area contributed by atoms with Crippen LogP contribution < -0.4 is 24.8 Å². The summed E-state index contributed by atoms with van der Waals surface area (Å²) in [6.45, 7) is 8.08. The highest BCUT2D eigenvalue weighted by Gasteiger charge is 2.62. The molecular formula is C38H45N5O9S. The second kappa shape index (κ2) is 14.4. The molecule has 6 rings (SSSR count). The summed E-state index contributed by atoms with van der Waals surface area (Å²) < 4.78 is 39.6. The molecule has 2 heterocycles. The summed E-state index contributed by atoms with van der Waals surface area (Å²) in [5, 5.41) is 14.9. The molecule has 15 heteroatoms. The van der Waals surface area contributed by atoms with Crippen molar-refractivity contribution in [2.75, 3.05) is 20.3 Å². The lowest BCUT2D eigenvalue weighted by atomic mass is 9.85. The van der Waals surface area contributed by atoms with Crippen molar-refractivity contribution in [2.45, 2.75) is 75.4 Å². The Morgan fingerprint density at radius 1 is 1.11 bits per heavy atom. The van der Waals surface area contributed by atoms with E-state index < -0.39 is 80.6 Å². The average molecular weight is 748 g/mol. The minimum absolute atomic E-state index is 0.000147. The lowest BCUT2D eigenvalue weighted by molar-refractivity contribution is -0.145. The molecule has 1 aliphatic heterocycles. The number of fused-ring (bicyclic) bond motifs is 1. The summed E-state index contributed by atoms with van der Waals surface area (Å²) in [5.74, 6) is -2.41. The van der Waals surface area contributed by atoms with Crippen LogP contribution in [-0.4, -0.2) is 96.3 Å². The van der Waals surface area contributed by atoms with Crippen molar-refractivity contribution < 1.29 is 42.2 Å². The van der Waals surface area contributed by atoms with Crippen LogP contribution in [0.25, 0.3) is 22.2 Å². The van der Waals surface area contributed by atoms with Gasteiger partial charge in [-0.05, 0) is 36.8 Å². The standard InChI is InChI=1S/C38H45N5O9S/c1-6-23-19-38(23,36(48)42-53(49,50)26-13-14-26)41-34(46)30-17-25(20-43(30)35(47)33(37(2,3)4)40-32(45)21-44)52-31-18-28(22-10-8-7-9-11-22)39-29-16-24(51-5)12-15-27(29)31/h6-12,15-16,18,23,25-26,30,33,44H,1,13-14,17,19-21H2,2-5H3,(H,40,45)(H,41,46)(H,42,48)/t23-,25-,30+,33-,38-/m1/s1. The number of nitrogens with zero attached hydrogens (tertiary/aromatic N) is 2. The number of benzene rings is 2. The summed E-state index contributed by atoms with van der Waals surface area (Å²) in [6, 6.07) is 14.4. The number of carbonyl (C=O) groups excluding carboxylic acids is 4. The number of sulfonamides is 1. The summed E-state index contributed by atoms with van der Waals surface area (Å²) in [4.78, 5) is 60.7. The number of aliphatic hydroxyl groups is 1. The zero-order valence-electron chi connectivity index (χ0n) is 30.1. The van der Waals surface area contributed by atoms with Gasteiger partial charge in [0.1, 0.15) is 41.8 Å². The van der Waals surface area contributed by atoms with Gasteiger partial charge in [-0.2, -0.15) is 0 Å². The third-order valence-corrected chi connectivity index (χ3v) is 11.8. The van der Waals surface area contributed by atoms with Crippen molar-refractivity contribution in [3.05, 3.63) is 67.3 Å². The Kier molecular flexibility index (Phi) is 10.3. The molecule has 3 aromatic rings. The van der Waals surface area contributed by atoms with Crippen LogP contribution in [0.4, 0.5) is 0 Å². The van der Waals surface area contributed by atoms with Crippen molar-refractivity contribution in [2.24, 2.45) is 11.3 Å². The molecule has 2 aromatic carbocycles. The summed E-state index contributed by atoms with van der Waals surface area (Å²) in [5.41, 5.74) is -0.356. The molecule has 53 heavy (non-hydrogen) atoms. The highest BCUT2D eigenvalue weighted by atomic mass is 32.2. The lowest BCUT2D eigenvalue weighted by Crippen LogP contribution is -2.60. The third-order valence-electron chi connectivity index (χ3n) is 10.0. The third kappa shape index (κ3) is 7.86. The second-order valence-corrected chi connectivity index (χ2v) is 16.9. The van der Waals surface area contributed by atoms with Gasteiger partial charge in [-0.25, -0.2) is 13.4 Å². The van der Waals surface area contributed by atoms with Gasteiger partial charge in [-0.3, -0.25) is 23.9 Å². The molecule has 2 aliphatic carbocycles. The minimum atomic E-state index is -3.91. The topological polar surface area (TPSA) is 193 Å². The number of methoxy groups -OCH3 is 1. The van der Waals surface area contributed by atoms with Gasteiger partial charge < -0.3 is 30.1 Å². The van der Waals surface area contributed by atoms with Crippen molar-refractivity contribution in [1.29, 1.82) is 0 Å². The maximum absolute atomic E-state index is 14.4. The molecule has 4 N–H and O–H groups in total. The second-order valence-electron chi connectivity index (χ2n) is 14.9. The average Bonchev–Trinajstić information content (AvgIpc) is 4.06. The number of aromatic nitrogens is 1. The number of hydrogen-bond acceptors (Lipinski definition) is 10. The largest absolute Gasteiger partial charge is 0.497 e. The van der Waals surface area contributed by atoms with Crippen molar-refractivity contribution in [3.63, 3.8) is 0 Å². The Morgan fingerprint density at radius 2 is 1.83 bits per heavy atom. The van der Waals surface area contributed by atoms with E-state index in [0.29, 0.717) is 40.9 Å². The fraction of sp³-hybridized carbons (Fsp3) is 0.447. The molecule has 282 valence electrons.